The molecular formula is C22H27F3IN5O2. The van der Waals surface area contributed by atoms with Crippen molar-refractivity contribution in [1.82, 2.24) is 15.6 Å². The van der Waals surface area contributed by atoms with Gasteiger partial charge in [0.2, 0.25) is 11.8 Å². The summed E-state index contributed by atoms with van der Waals surface area (Å²) >= 11 is 0. The summed E-state index contributed by atoms with van der Waals surface area (Å²) in [4.78, 5) is 21.9. The Labute approximate surface area is 207 Å². The van der Waals surface area contributed by atoms with Gasteiger partial charge in [-0.3, -0.25) is 4.79 Å². The number of anilines is 1. The van der Waals surface area contributed by atoms with Gasteiger partial charge in [0.1, 0.15) is 0 Å². The number of aliphatic imine (C=N–C) groups is 1. The van der Waals surface area contributed by atoms with E-state index in [1.807, 2.05) is 31.2 Å². The number of pyridine rings is 1. The van der Waals surface area contributed by atoms with Gasteiger partial charge in [-0.2, -0.15) is 13.2 Å². The molecule has 0 bridgehead atoms. The van der Waals surface area contributed by atoms with Crippen LogP contribution >= 0.6 is 24.0 Å². The van der Waals surface area contributed by atoms with E-state index in [0.29, 0.717) is 31.0 Å². The number of nitrogens with zero attached hydrogens (tertiary/aromatic N) is 3. The number of nitrogens with one attached hydrogen (secondary N) is 2. The molecule has 3 rings (SSSR count). The number of carbonyl (C=O) groups is 1. The molecule has 0 radical (unpaired) electrons. The molecule has 1 aromatic carbocycles. The SMILES string of the molecule is CCNC(=NCc1ccnc(OCC(F)(F)F)c1)NCc1ccc(N2CCCC2=O)cc1.I. The molecule has 2 N–H and O–H groups in total. The van der Waals surface area contributed by atoms with E-state index < -0.39 is 12.8 Å². The lowest BCUT2D eigenvalue weighted by Crippen LogP contribution is -2.36. The molecule has 1 aliphatic heterocycles. The van der Waals surface area contributed by atoms with Crippen molar-refractivity contribution in [3.63, 3.8) is 0 Å². The number of amides is 1. The average Bonchev–Trinajstić information content (AvgIpc) is 3.20. The van der Waals surface area contributed by atoms with Gasteiger partial charge in [0.25, 0.3) is 0 Å². The number of benzene rings is 1. The van der Waals surface area contributed by atoms with E-state index in [9.17, 15) is 18.0 Å². The maximum Gasteiger partial charge on any atom is 0.422 e. The standard InChI is InChI=1S/C22H26F3N5O2.HI/c1-2-26-21(29-14-17-9-10-27-19(12-17)32-15-22(23,24)25)28-13-16-5-7-18(8-6-16)30-11-3-4-20(30)31;/h5-10,12H,2-4,11,13-15H2,1H3,(H2,26,28,29);1H. The van der Waals surface area contributed by atoms with E-state index in [-0.39, 0.29) is 42.3 Å². The number of alkyl halides is 3. The molecular weight excluding hydrogens is 550 g/mol. The van der Waals surface area contributed by atoms with E-state index in [4.69, 9.17) is 0 Å². The first-order chi connectivity index (χ1) is 15.3. The maximum atomic E-state index is 12.3. The smallest absolute Gasteiger partial charge is 0.422 e. The van der Waals surface area contributed by atoms with Crippen molar-refractivity contribution < 1.29 is 22.7 Å². The zero-order valence-corrected chi connectivity index (χ0v) is 20.5. The molecule has 2 aromatic rings. The number of hydrogen-bond acceptors (Lipinski definition) is 4. The van der Waals surface area contributed by atoms with E-state index in [1.54, 1.807) is 11.0 Å². The Morgan fingerprint density at radius 2 is 1.94 bits per heavy atom. The molecule has 0 atom stereocenters. The summed E-state index contributed by atoms with van der Waals surface area (Å²) in [5.41, 5.74) is 2.60. The van der Waals surface area contributed by atoms with Crippen molar-refractivity contribution in [1.29, 1.82) is 0 Å². The molecule has 1 aromatic heterocycles. The first kappa shape index (κ1) is 26.7. The fourth-order valence-electron chi connectivity index (χ4n) is 3.20. The van der Waals surface area contributed by atoms with Gasteiger partial charge in [0, 0.05) is 44.0 Å². The fourth-order valence-corrected chi connectivity index (χ4v) is 3.20. The van der Waals surface area contributed by atoms with Crippen molar-refractivity contribution in [2.45, 2.75) is 39.0 Å². The minimum Gasteiger partial charge on any atom is -0.468 e. The highest BCUT2D eigenvalue weighted by molar-refractivity contribution is 14.0. The minimum absolute atomic E-state index is 0. The Kier molecular flexibility index (Phi) is 10.2. The number of hydrogen-bond donors (Lipinski definition) is 2. The molecule has 1 amide bonds. The number of carbonyl (C=O) groups excluding carboxylic acids is 1. The van der Waals surface area contributed by atoms with Crippen molar-refractivity contribution in [2.75, 3.05) is 24.6 Å². The van der Waals surface area contributed by atoms with Gasteiger partial charge in [0.05, 0.1) is 6.54 Å². The summed E-state index contributed by atoms with van der Waals surface area (Å²) in [7, 11) is 0. The van der Waals surface area contributed by atoms with Crippen molar-refractivity contribution in [3.8, 4) is 5.88 Å². The summed E-state index contributed by atoms with van der Waals surface area (Å²) in [6.07, 6.45) is -1.54. The first-order valence-electron chi connectivity index (χ1n) is 10.4. The zero-order chi connectivity index (χ0) is 23.0. The van der Waals surface area contributed by atoms with E-state index in [1.165, 1.54) is 12.3 Å². The largest absolute Gasteiger partial charge is 0.468 e. The average molecular weight is 577 g/mol. The number of rotatable bonds is 8. The van der Waals surface area contributed by atoms with Crippen molar-refractivity contribution >= 4 is 41.5 Å². The maximum absolute atomic E-state index is 12.3. The van der Waals surface area contributed by atoms with Gasteiger partial charge < -0.3 is 20.3 Å². The van der Waals surface area contributed by atoms with E-state index >= 15 is 0 Å². The van der Waals surface area contributed by atoms with Crippen LogP contribution in [-0.4, -0.2) is 42.7 Å². The third kappa shape index (κ3) is 8.71. The quantitative estimate of drug-likeness (QED) is 0.282. The monoisotopic (exact) mass is 577 g/mol. The predicted molar refractivity (Wildman–Crippen MR) is 131 cm³/mol. The normalized spacial score (nSPS) is 14.1. The highest BCUT2D eigenvalue weighted by Gasteiger charge is 2.28. The number of halogens is 4. The molecule has 11 heteroatoms. The Bertz CT molecular complexity index is 938. The Balaban J connectivity index is 0.00000385. The van der Waals surface area contributed by atoms with E-state index in [0.717, 1.165) is 24.2 Å². The van der Waals surface area contributed by atoms with Crippen LogP contribution in [0.4, 0.5) is 18.9 Å². The van der Waals surface area contributed by atoms with Crippen LogP contribution in [-0.2, 0) is 17.9 Å². The van der Waals surface area contributed by atoms with Crippen LogP contribution in [0.2, 0.25) is 0 Å². The second-order valence-corrected chi connectivity index (χ2v) is 7.27. The molecule has 1 aliphatic rings. The van der Waals surface area contributed by atoms with Gasteiger partial charge in [-0.15, -0.1) is 24.0 Å². The van der Waals surface area contributed by atoms with Crippen LogP contribution in [0.1, 0.15) is 30.9 Å². The second-order valence-electron chi connectivity index (χ2n) is 7.27. The lowest BCUT2D eigenvalue weighted by atomic mass is 10.2. The molecule has 0 spiro atoms. The number of ether oxygens (including phenoxy) is 1. The van der Waals surface area contributed by atoms with Gasteiger partial charge in [-0.25, -0.2) is 9.98 Å². The van der Waals surface area contributed by atoms with Crippen LogP contribution in [0, 0.1) is 0 Å². The number of aromatic nitrogens is 1. The third-order valence-electron chi connectivity index (χ3n) is 4.73. The van der Waals surface area contributed by atoms with Crippen molar-refractivity contribution in [3.05, 3.63) is 53.7 Å². The molecule has 0 unspecified atom stereocenters. The molecule has 0 saturated carbocycles. The summed E-state index contributed by atoms with van der Waals surface area (Å²) in [6.45, 7) is 2.73. The summed E-state index contributed by atoms with van der Waals surface area (Å²) < 4.78 is 41.6. The van der Waals surface area contributed by atoms with E-state index in [2.05, 4.69) is 25.3 Å². The first-order valence-corrected chi connectivity index (χ1v) is 10.4. The lowest BCUT2D eigenvalue weighted by Gasteiger charge is -2.16. The highest BCUT2D eigenvalue weighted by atomic mass is 127. The lowest BCUT2D eigenvalue weighted by molar-refractivity contribution is -0.154. The van der Waals surface area contributed by atoms with Crippen LogP contribution in [0.25, 0.3) is 0 Å². The van der Waals surface area contributed by atoms with Crippen LogP contribution < -0.4 is 20.3 Å². The van der Waals surface area contributed by atoms with Gasteiger partial charge in [-0.05, 0) is 42.7 Å². The Hall–Kier alpha value is -2.57. The number of guanidine groups is 1. The summed E-state index contributed by atoms with van der Waals surface area (Å²) in [5.74, 6) is 0.631. The summed E-state index contributed by atoms with van der Waals surface area (Å²) in [5, 5.41) is 6.36. The van der Waals surface area contributed by atoms with Crippen LogP contribution in [0.15, 0.2) is 47.6 Å². The molecule has 7 nitrogen and oxygen atoms in total. The van der Waals surface area contributed by atoms with Gasteiger partial charge in [0.15, 0.2) is 12.6 Å². The van der Waals surface area contributed by atoms with Crippen LogP contribution in [0.3, 0.4) is 0 Å². The third-order valence-corrected chi connectivity index (χ3v) is 4.73. The molecule has 0 aliphatic carbocycles. The Morgan fingerprint density at radius 3 is 2.58 bits per heavy atom. The molecule has 2 heterocycles. The minimum atomic E-state index is -4.42. The molecule has 180 valence electrons. The second kappa shape index (κ2) is 12.6. The summed E-state index contributed by atoms with van der Waals surface area (Å²) in [6, 6.07) is 10.9. The molecule has 33 heavy (non-hydrogen) atoms. The highest BCUT2D eigenvalue weighted by Crippen LogP contribution is 2.21. The molecule has 1 saturated heterocycles. The van der Waals surface area contributed by atoms with Crippen LogP contribution in [0.5, 0.6) is 5.88 Å². The molecule has 1 fully saturated rings. The van der Waals surface area contributed by atoms with Crippen molar-refractivity contribution in [2.24, 2.45) is 4.99 Å². The van der Waals surface area contributed by atoms with Gasteiger partial charge in [-0.1, -0.05) is 12.1 Å². The Morgan fingerprint density at radius 1 is 1.18 bits per heavy atom. The predicted octanol–water partition coefficient (Wildman–Crippen LogP) is 4.02. The fraction of sp³-hybridized carbons (Fsp3) is 0.409. The van der Waals surface area contributed by atoms with Gasteiger partial charge >= 0.3 is 6.18 Å². The topological polar surface area (TPSA) is 78.9 Å². The zero-order valence-electron chi connectivity index (χ0n) is 18.2.